The molecule has 0 N–H and O–H groups in total. The van der Waals surface area contributed by atoms with Gasteiger partial charge in [-0.05, 0) is 32.4 Å². The Morgan fingerprint density at radius 3 is 2.27 bits per heavy atom. The molecule has 0 saturated carbocycles. The van der Waals surface area contributed by atoms with Crippen molar-refractivity contribution in [2.24, 2.45) is 0 Å². The van der Waals surface area contributed by atoms with Gasteiger partial charge in [0.15, 0.2) is 0 Å². The zero-order chi connectivity index (χ0) is 11.5. The van der Waals surface area contributed by atoms with Crippen molar-refractivity contribution in [3.63, 3.8) is 0 Å². The summed E-state index contributed by atoms with van der Waals surface area (Å²) in [6.45, 7) is 1.49. The topological polar surface area (TPSA) is 20.3 Å². The Bertz CT molecular complexity index is 226. The average molecular weight is 335 g/mol. The molecular formula is C9H13F3INO. The molecule has 0 radical (unpaired) electrons. The summed E-state index contributed by atoms with van der Waals surface area (Å²) in [5.41, 5.74) is 0. The van der Waals surface area contributed by atoms with Gasteiger partial charge in [0, 0.05) is 29.0 Å². The molecule has 88 valence electrons. The third kappa shape index (κ3) is 4.67. The van der Waals surface area contributed by atoms with Gasteiger partial charge in [0.1, 0.15) is 0 Å². The predicted octanol–water partition coefficient (Wildman–Crippen LogP) is 2.75. The van der Waals surface area contributed by atoms with E-state index in [2.05, 4.69) is 0 Å². The van der Waals surface area contributed by atoms with Crippen LogP contribution in [0.2, 0.25) is 0 Å². The molecule has 1 unspecified atom stereocenters. The molecule has 0 bridgehead atoms. The highest BCUT2D eigenvalue weighted by Crippen LogP contribution is 2.26. The van der Waals surface area contributed by atoms with Crippen LogP contribution in [0, 0.1) is 0 Å². The van der Waals surface area contributed by atoms with Crippen LogP contribution in [0.1, 0.15) is 25.7 Å². The zero-order valence-corrected chi connectivity index (χ0v) is 10.3. The minimum atomic E-state index is -4.16. The molecular weight excluding hydrogens is 322 g/mol. The van der Waals surface area contributed by atoms with Crippen molar-refractivity contribution in [1.29, 1.82) is 0 Å². The van der Waals surface area contributed by atoms with Crippen molar-refractivity contribution >= 4 is 26.4 Å². The highest BCUT2D eigenvalue weighted by Gasteiger charge is 2.33. The maximum Gasteiger partial charge on any atom is 0.389 e. The van der Waals surface area contributed by atoms with E-state index < -0.39 is 18.6 Å². The van der Waals surface area contributed by atoms with E-state index in [1.54, 1.807) is 22.6 Å². The smallest absolute Gasteiger partial charge is 0.293 e. The Morgan fingerprint density at radius 2 is 1.87 bits per heavy atom. The van der Waals surface area contributed by atoms with Gasteiger partial charge in [0.2, 0.25) is 3.79 Å². The van der Waals surface area contributed by atoms with E-state index in [4.69, 9.17) is 0 Å². The molecule has 2 nitrogen and oxygen atoms in total. The van der Waals surface area contributed by atoms with Crippen molar-refractivity contribution in [2.45, 2.75) is 37.9 Å². The minimum absolute atomic E-state index is 0.106. The van der Waals surface area contributed by atoms with Crippen molar-refractivity contribution in [3.8, 4) is 0 Å². The van der Waals surface area contributed by atoms with E-state index in [-0.39, 0.29) is 10.2 Å². The molecule has 0 aromatic rings. The quantitative estimate of drug-likeness (QED) is 0.582. The zero-order valence-electron chi connectivity index (χ0n) is 8.19. The van der Waals surface area contributed by atoms with Gasteiger partial charge in [-0.25, -0.2) is 0 Å². The molecule has 1 fully saturated rings. The number of halogens is 4. The van der Waals surface area contributed by atoms with E-state index in [1.807, 2.05) is 4.90 Å². The second kappa shape index (κ2) is 5.47. The monoisotopic (exact) mass is 335 g/mol. The Morgan fingerprint density at radius 1 is 1.33 bits per heavy atom. The Hall–Kier alpha value is 0.150. The number of hydrogen-bond acceptors (Lipinski definition) is 2. The normalized spacial score (nSPS) is 20.5. The van der Waals surface area contributed by atoms with Crippen LogP contribution in [0.4, 0.5) is 13.2 Å². The molecule has 1 saturated heterocycles. The van der Waals surface area contributed by atoms with Gasteiger partial charge in [-0.1, -0.05) is 0 Å². The van der Waals surface area contributed by atoms with Crippen LogP contribution in [0.15, 0.2) is 0 Å². The third-order valence-electron chi connectivity index (χ3n) is 2.54. The lowest BCUT2D eigenvalue weighted by atomic mass is 10.1. The molecule has 0 aromatic heterocycles. The van der Waals surface area contributed by atoms with Crippen LogP contribution < -0.4 is 0 Å². The molecule has 15 heavy (non-hydrogen) atoms. The molecule has 1 atom stereocenters. The first-order valence-electron chi connectivity index (χ1n) is 4.90. The lowest BCUT2D eigenvalue weighted by Crippen LogP contribution is -2.37. The molecule has 1 aliphatic heterocycles. The molecule has 0 aromatic carbocycles. The summed E-state index contributed by atoms with van der Waals surface area (Å²) in [5, 5.41) is 0. The SMILES string of the molecule is O=C(I)C(CCC(F)(F)F)N1CCCC1. The Balaban J connectivity index is 2.47. The van der Waals surface area contributed by atoms with E-state index in [9.17, 15) is 18.0 Å². The second-order valence-electron chi connectivity index (χ2n) is 3.72. The van der Waals surface area contributed by atoms with E-state index in [0.717, 1.165) is 25.9 Å². The lowest BCUT2D eigenvalue weighted by Gasteiger charge is -2.24. The fourth-order valence-electron chi connectivity index (χ4n) is 1.79. The first-order valence-corrected chi connectivity index (χ1v) is 5.98. The Labute approximate surface area is 100 Å². The van der Waals surface area contributed by atoms with Gasteiger partial charge >= 0.3 is 6.18 Å². The summed E-state index contributed by atoms with van der Waals surface area (Å²) in [6, 6.07) is -0.547. The summed E-state index contributed by atoms with van der Waals surface area (Å²) in [4.78, 5) is 13.1. The molecule has 0 amide bonds. The van der Waals surface area contributed by atoms with Crippen molar-refractivity contribution in [3.05, 3.63) is 0 Å². The van der Waals surface area contributed by atoms with Crippen LogP contribution in [0.5, 0.6) is 0 Å². The Kier molecular flexibility index (Phi) is 4.82. The van der Waals surface area contributed by atoms with Gasteiger partial charge in [-0.3, -0.25) is 9.69 Å². The first kappa shape index (κ1) is 13.2. The van der Waals surface area contributed by atoms with E-state index in [0.29, 0.717) is 0 Å². The summed E-state index contributed by atoms with van der Waals surface area (Å²) < 4.78 is 35.9. The van der Waals surface area contributed by atoms with Crippen LogP contribution in [0.25, 0.3) is 0 Å². The van der Waals surface area contributed by atoms with E-state index in [1.165, 1.54) is 0 Å². The molecule has 1 rings (SSSR count). The number of nitrogens with zero attached hydrogens (tertiary/aromatic N) is 1. The maximum atomic E-state index is 12.0. The number of carbonyl (C=O) groups excluding carboxylic acids is 1. The summed E-state index contributed by atoms with van der Waals surface area (Å²) in [5.74, 6) is 0. The molecule has 1 aliphatic rings. The number of rotatable bonds is 4. The summed E-state index contributed by atoms with van der Waals surface area (Å²) in [7, 11) is 0. The van der Waals surface area contributed by atoms with Gasteiger partial charge in [-0.2, -0.15) is 13.2 Å². The summed E-state index contributed by atoms with van der Waals surface area (Å²) >= 11 is 1.60. The van der Waals surface area contributed by atoms with Crippen molar-refractivity contribution in [1.82, 2.24) is 4.90 Å². The van der Waals surface area contributed by atoms with Crippen LogP contribution in [-0.4, -0.2) is 34.0 Å². The minimum Gasteiger partial charge on any atom is -0.293 e. The first-order chi connectivity index (χ1) is 6.90. The summed E-state index contributed by atoms with van der Waals surface area (Å²) in [6.07, 6.45) is -3.18. The van der Waals surface area contributed by atoms with Gasteiger partial charge in [0.05, 0.1) is 6.04 Å². The highest BCUT2D eigenvalue weighted by molar-refractivity contribution is 14.1. The predicted molar refractivity (Wildman–Crippen MR) is 58.9 cm³/mol. The van der Waals surface area contributed by atoms with Gasteiger partial charge < -0.3 is 0 Å². The van der Waals surface area contributed by atoms with Crippen LogP contribution in [0.3, 0.4) is 0 Å². The number of likely N-dealkylation sites (tertiary alicyclic amines) is 1. The number of hydrogen-bond donors (Lipinski definition) is 0. The molecule has 1 heterocycles. The second-order valence-corrected chi connectivity index (χ2v) is 4.78. The van der Waals surface area contributed by atoms with Crippen LogP contribution >= 0.6 is 22.6 Å². The number of alkyl halides is 3. The molecule has 6 heteroatoms. The fourth-order valence-corrected chi connectivity index (χ4v) is 2.50. The van der Waals surface area contributed by atoms with Crippen molar-refractivity contribution in [2.75, 3.05) is 13.1 Å². The lowest BCUT2D eigenvalue weighted by molar-refractivity contribution is -0.139. The van der Waals surface area contributed by atoms with Crippen molar-refractivity contribution < 1.29 is 18.0 Å². The molecule has 0 aliphatic carbocycles. The maximum absolute atomic E-state index is 12.0. The van der Waals surface area contributed by atoms with Gasteiger partial charge in [-0.15, -0.1) is 0 Å². The average Bonchev–Trinajstić information content (AvgIpc) is 2.54. The fraction of sp³-hybridized carbons (Fsp3) is 0.889. The molecule has 0 spiro atoms. The largest absolute Gasteiger partial charge is 0.389 e. The van der Waals surface area contributed by atoms with Crippen LogP contribution in [-0.2, 0) is 4.79 Å². The standard InChI is InChI=1S/C9H13F3INO/c10-9(11,12)4-3-7(8(13)15)14-5-1-2-6-14/h7H,1-6H2. The highest BCUT2D eigenvalue weighted by atomic mass is 127. The van der Waals surface area contributed by atoms with Gasteiger partial charge in [0.25, 0.3) is 0 Å². The van der Waals surface area contributed by atoms with E-state index >= 15 is 0 Å². The third-order valence-corrected chi connectivity index (χ3v) is 3.26. The number of carbonyl (C=O) groups is 1.